The predicted molar refractivity (Wildman–Crippen MR) is 111 cm³/mol. The lowest BCUT2D eigenvalue weighted by molar-refractivity contribution is -0.116. The predicted octanol–water partition coefficient (Wildman–Crippen LogP) is 2.74. The lowest BCUT2D eigenvalue weighted by atomic mass is 10.1. The van der Waals surface area contributed by atoms with Crippen LogP contribution in [0.4, 0.5) is 10.1 Å². The summed E-state index contributed by atoms with van der Waals surface area (Å²) in [5, 5.41) is 16.9. The normalized spacial score (nSPS) is 11.0. The second-order valence-corrected chi connectivity index (χ2v) is 6.89. The molecule has 0 aliphatic rings. The molecular weight excluding hydrogens is 387 g/mol. The highest BCUT2D eigenvalue weighted by atomic mass is 19.1. The fraction of sp³-hybridized carbons (Fsp3) is 0.136. The minimum Gasteiger partial charge on any atom is -0.392 e. The van der Waals surface area contributed by atoms with Crippen LogP contribution in [-0.4, -0.2) is 25.2 Å². The zero-order chi connectivity index (χ0) is 21.3. The van der Waals surface area contributed by atoms with Crippen LogP contribution in [0.15, 0.2) is 65.7 Å². The molecule has 0 saturated heterocycles. The minimum atomic E-state index is -0.474. The zero-order valence-corrected chi connectivity index (χ0v) is 16.2. The van der Waals surface area contributed by atoms with E-state index < -0.39 is 17.3 Å². The fourth-order valence-electron chi connectivity index (χ4n) is 3.28. The molecule has 2 aromatic heterocycles. The lowest BCUT2D eigenvalue weighted by Gasteiger charge is -2.09. The average Bonchev–Trinajstić information content (AvgIpc) is 3.13. The molecule has 0 atom stereocenters. The Labute approximate surface area is 171 Å². The number of benzene rings is 2. The monoisotopic (exact) mass is 406 g/mol. The number of amides is 1. The number of hydrogen-bond donors (Lipinski definition) is 2. The van der Waals surface area contributed by atoms with Crippen LogP contribution < -0.4 is 10.9 Å². The van der Waals surface area contributed by atoms with E-state index in [9.17, 15) is 19.1 Å². The largest absolute Gasteiger partial charge is 0.392 e. The number of hydrogen-bond acceptors (Lipinski definition) is 4. The van der Waals surface area contributed by atoms with Crippen molar-refractivity contribution in [1.29, 1.82) is 0 Å². The van der Waals surface area contributed by atoms with Crippen LogP contribution in [0.3, 0.4) is 0 Å². The Morgan fingerprint density at radius 1 is 1.17 bits per heavy atom. The Hall–Kier alpha value is -3.78. The number of carbonyl (C=O) groups excluding carboxylic acids is 1. The number of halogens is 1. The molecule has 0 aliphatic carbocycles. The van der Waals surface area contributed by atoms with Crippen molar-refractivity contribution in [2.45, 2.75) is 20.1 Å². The summed E-state index contributed by atoms with van der Waals surface area (Å²) < 4.78 is 16.3. The van der Waals surface area contributed by atoms with E-state index in [2.05, 4.69) is 10.4 Å². The van der Waals surface area contributed by atoms with Crippen molar-refractivity contribution >= 4 is 17.1 Å². The number of fused-ring (bicyclic) bond motifs is 1. The van der Waals surface area contributed by atoms with Gasteiger partial charge in [0.2, 0.25) is 5.91 Å². The van der Waals surface area contributed by atoms with Gasteiger partial charge in [-0.25, -0.2) is 8.91 Å². The third-order valence-corrected chi connectivity index (χ3v) is 4.83. The Bertz CT molecular complexity index is 1300. The summed E-state index contributed by atoms with van der Waals surface area (Å²) >= 11 is 0. The van der Waals surface area contributed by atoms with Crippen molar-refractivity contribution in [2.24, 2.45) is 0 Å². The molecule has 1 amide bonds. The van der Waals surface area contributed by atoms with Crippen LogP contribution in [-0.2, 0) is 17.9 Å². The number of aliphatic hydroxyl groups is 1. The molecule has 8 heteroatoms. The van der Waals surface area contributed by atoms with Gasteiger partial charge in [0.15, 0.2) is 0 Å². The molecule has 0 radical (unpaired) electrons. The van der Waals surface area contributed by atoms with E-state index >= 15 is 0 Å². The molecule has 0 aliphatic heterocycles. The van der Waals surface area contributed by atoms with E-state index in [0.29, 0.717) is 22.5 Å². The molecule has 152 valence electrons. The van der Waals surface area contributed by atoms with Gasteiger partial charge in [-0.1, -0.05) is 36.4 Å². The summed E-state index contributed by atoms with van der Waals surface area (Å²) in [7, 11) is 0. The molecule has 0 saturated carbocycles. The van der Waals surface area contributed by atoms with Crippen molar-refractivity contribution in [1.82, 2.24) is 14.2 Å². The molecule has 4 aromatic rings. The molecular formula is C22H19FN4O3. The first-order valence-electron chi connectivity index (χ1n) is 9.31. The summed E-state index contributed by atoms with van der Waals surface area (Å²) in [4.78, 5) is 25.4. The van der Waals surface area contributed by atoms with Gasteiger partial charge in [0.05, 0.1) is 12.3 Å². The van der Waals surface area contributed by atoms with Gasteiger partial charge in [-0.2, -0.15) is 5.10 Å². The topological polar surface area (TPSA) is 88.6 Å². The van der Waals surface area contributed by atoms with Crippen molar-refractivity contribution in [3.63, 3.8) is 0 Å². The molecule has 30 heavy (non-hydrogen) atoms. The quantitative estimate of drug-likeness (QED) is 0.533. The van der Waals surface area contributed by atoms with Crippen molar-refractivity contribution < 1.29 is 14.3 Å². The first-order valence-corrected chi connectivity index (χ1v) is 9.31. The molecule has 0 spiro atoms. The Morgan fingerprint density at radius 2 is 1.93 bits per heavy atom. The van der Waals surface area contributed by atoms with Gasteiger partial charge in [-0.15, -0.1) is 0 Å². The number of carbonyl (C=O) groups is 1. The van der Waals surface area contributed by atoms with Gasteiger partial charge in [0.25, 0.3) is 5.56 Å². The number of aryl methyl sites for hydroxylation is 1. The first kappa shape index (κ1) is 19.5. The molecule has 2 aromatic carbocycles. The summed E-state index contributed by atoms with van der Waals surface area (Å²) in [6.45, 7) is 0.993. The van der Waals surface area contributed by atoms with Crippen LogP contribution in [0.1, 0.15) is 11.1 Å². The van der Waals surface area contributed by atoms with Gasteiger partial charge >= 0.3 is 0 Å². The fourth-order valence-corrected chi connectivity index (χ4v) is 3.28. The van der Waals surface area contributed by atoms with Crippen LogP contribution >= 0.6 is 0 Å². The first-order chi connectivity index (χ1) is 14.5. The number of nitrogens with one attached hydrogen (secondary N) is 1. The zero-order valence-electron chi connectivity index (χ0n) is 16.2. The molecule has 7 nitrogen and oxygen atoms in total. The highest BCUT2D eigenvalue weighted by Gasteiger charge is 2.18. The number of anilines is 1. The molecule has 2 N–H and O–H groups in total. The van der Waals surface area contributed by atoms with E-state index in [4.69, 9.17) is 0 Å². The molecule has 0 bridgehead atoms. The summed E-state index contributed by atoms with van der Waals surface area (Å²) in [5.41, 5.74) is 2.20. The average molecular weight is 406 g/mol. The molecule has 0 unspecified atom stereocenters. The maximum atomic E-state index is 13.7. The van der Waals surface area contributed by atoms with Gasteiger partial charge in [0.1, 0.15) is 17.9 Å². The van der Waals surface area contributed by atoms with E-state index in [1.165, 1.54) is 21.3 Å². The van der Waals surface area contributed by atoms with Crippen molar-refractivity contribution in [2.75, 3.05) is 5.32 Å². The maximum Gasteiger partial charge on any atom is 0.277 e. The lowest BCUT2D eigenvalue weighted by Crippen LogP contribution is -2.28. The van der Waals surface area contributed by atoms with Gasteiger partial charge in [-0.3, -0.25) is 9.59 Å². The molecule has 2 heterocycles. The van der Waals surface area contributed by atoms with Gasteiger partial charge in [-0.05, 0) is 24.6 Å². The number of nitrogens with zero attached hydrogens (tertiary/aromatic N) is 3. The van der Waals surface area contributed by atoms with E-state index in [1.807, 2.05) is 30.3 Å². The Kier molecular flexibility index (Phi) is 5.16. The van der Waals surface area contributed by atoms with Gasteiger partial charge < -0.3 is 15.0 Å². The van der Waals surface area contributed by atoms with Crippen LogP contribution in [0, 0.1) is 12.7 Å². The second kappa shape index (κ2) is 7.92. The van der Waals surface area contributed by atoms with Crippen LogP contribution in [0.5, 0.6) is 0 Å². The number of rotatable bonds is 5. The van der Waals surface area contributed by atoms with Crippen LogP contribution in [0.25, 0.3) is 16.8 Å². The van der Waals surface area contributed by atoms with E-state index in [0.717, 1.165) is 5.56 Å². The third kappa shape index (κ3) is 3.60. The molecule has 0 fully saturated rings. The van der Waals surface area contributed by atoms with E-state index in [-0.39, 0.29) is 18.7 Å². The number of aliphatic hydroxyl groups excluding tert-OH is 1. The van der Waals surface area contributed by atoms with Gasteiger partial charge in [0, 0.05) is 29.2 Å². The highest BCUT2D eigenvalue weighted by Crippen LogP contribution is 2.24. The maximum absolute atomic E-state index is 13.7. The summed E-state index contributed by atoms with van der Waals surface area (Å²) in [6, 6.07) is 13.6. The van der Waals surface area contributed by atoms with Crippen molar-refractivity contribution in [3.05, 3.63) is 88.2 Å². The SMILES string of the molecule is Cc1ccc(NC(=O)Cn2ccn3nc(-c4ccccc4)c(CO)c3c2=O)cc1F. The third-order valence-electron chi connectivity index (χ3n) is 4.83. The van der Waals surface area contributed by atoms with E-state index in [1.54, 1.807) is 25.3 Å². The summed E-state index contributed by atoms with van der Waals surface area (Å²) in [5.74, 6) is -0.898. The standard InChI is InChI=1S/C22H19FN4O3/c1-14-7-8-16(11-18(14)23)24-19(29)12-26-9-10-27-21(22(26)30)17(13-28)20(25-27)15-5-3-2-4-6-15/h2-11,28H,12-13H2,1H3,(H,24,29). The Morgan fingerprint density at radius 3 is 2.63 bits per heavy atom. The highest BCUT2D eigenvalue weighted by molar-refractivity contribution is 5.90. The smallest absolute Gasteiger partial charge is 0.277 e. The molecule has 4 rings (SSSR count). The summed E-state index contributed by atoms with van der Waals surface area (Å²) in [6.07, 6.45) is 3.01. The second-order valence-electron chi connectivity index (χ2n) is 6.89. The van der Waals surface area contributed by atoms with Crippen molar-refractivity contribution in [3.8, 4) is 11.3 Å². The number of aromatic nitrogens is 3. The Balaban J connectivity index is 1.67. The minimum absolute atomic E-state index is 0.202. The van der Waals surface area contributed by atoms with Crippen LogP contribution in [0.2, 0.25) is 0 Å².